The molecule has 0 fully saturated rings. The summed E-state index contributed by atoms with van der Waals surface area (Å²) in [7, 11) is 0. The summed E-state index contributed by atoms with van der Waals surface area (Å²) in [5.41, 5.74) is 0. The van der Waals surface area contributed by atoms with Crippen LogP contribution in [-0.2, 0) is 0 Å². The fourth-order valence-corrected chi connectivity index (χ4v) is 5.54. The summed E-state index contributed by atoms with van der Waals surface area (Å²) in [6.45, 7) is 2.28. The third kappa shape index (κ3) is 14.4. The normalized spacial score (nSPS) is 12.0. The van der Waals surface area contributed by atoms with Crippen molar-refractivity contribution in [3.8, 4) is 0 Å². The van der Waals surface area contributed by atoms with Crippen molar-refractivity contribution in [3.05, 3.63) is 0 Å². The van der Waals surface area contributed by atoms with Crippen LogP contribution in [0.4, 0.5) is 0 Å². The quantitative estimate of drug-likeness (QED) is 0.136. The Bertz CT molecular complexity index is 123. The fourth-order valence-electron chi connectivity index (χ4n) is 1.46. The molecule has 0 aliphatic rings. The van der Waals surface area contributed by atoms with Gasteiger partial charge in [-0.2, -0.15) is 0 Å². The van der Waals surface area contributed by atoms with Crippen molar-refractivity contribution >= 4 is 66.0 Å². The Morgan fingerprint density at radius 2 is 1.14 bits per heavy atom. The van der Waals surface area contributed by atoms with Gasteiger partial charge in [0.2, 0.25) is 0 Å². The maximum atomic E-state index is 2.67. The van der Waals surface area contributed by atoms with Crippen molar-refractivity contribution in [1.29, 1.82) is 0 Å². The van der Waals surface area contributed by atoms with Crippen molar-refractivity contribution in [2.75, 3.05) is 0 Å². The van der Waals surface area contributed by atoms with E-state index in [9.17, 15) is 0 Å². The highest BCUT2D eigenvalue weighted by Gasteiger charge is 2.19. The zero-order valence-corrected chi connectivity index (χ0v) is 16.5. The van der Waals surface area contributed by atoms with Gasteiger partial charge in [-0.1, -0.05) is 124 Å². The highest BCUT2D eigenvalue weighted by Crippen LogP contribution is 2.35. The molecule has 0 heterocycles. The van der Waals surface area contributed by atoms with Crippen molar-refractivity contribution in [3.63, 3.8) is 0 Å². The molecule has 0 saturated heterocycles. The highest BCUT2D eigenvalue weighted by atomic mass is 127. The molecular formula is C10H21I3Si. The summed E-state index contributed by atoms with van der Waals surface area (Å²) < 4.78 is -0.828. The lowest BCUT2D eigenvalue weighted by atomic mass is 10.1. The molecule has 0 bridgehead atoms. The number of halogens is 3. The molecule has 0 aliphatic heterocycles. The largest absolute Gasteiger partial charge is 0.253 e. The zero-order valence-electron chi connectivity index (χ0n) is 9.00. The first kappa shape index (κ1) is 16.4. The minimum absolute atomic E-state index is 0.828. The minimum atomic E-state index is -0.828. The van der Waals surface area contributed by atoms with Gasteiger partial charge >= 0.3 is 0 Å². The Labute approximate surface area is 128 Å². The van der Waals surface area contributed by atoms with Crippen molar-refractivity contribution in [1.82, 2.24) is 0 Å². The van der Waals surface area contributed by atoms with Gasteiger partial charge in [-0.15, -0.1) is 0 Å². The van der Waals surface area contributed by atoms with E-state index in [2.05, 4.69) is 72.3 Å². The first-order valence-electron chi connectivity index (χ1n) is 5.63. The van der Waals surface area contributed by atoms with Gasteiger partial charge < -0.3 is 0 Å². The maximum absolute atomic E-state index is 2.67. The number of rotatable bonds is 9. The Balaban J connectivity index is 2.99. The van der Waals surface area contributed by atoms with Gasteiger partial charge in [-0.05, 0) is 6.04 Å². The van der Waals surface area contributed by atoms with E-state index in [0.717, 1.165) is 0 Å². The van der Waals surface area contributed by atoms with Gasteiger partial charge in [0.15, 0.2) is 0 Å². The summed E-state index contributed by atoms with van der Waals surface area (Å²) in [6, 6.07) is 1.49. The summed E-state index contributed by atoms with van der Waals surface area (Å²) in [6.07, 6.45) is 11.6. The van der Waals surface area contributed by atoms with Gasteiger partial charge in [-0.3, -0.25) is 0 Å². The van der Waals surface area contributed by atoms with E-state index in [4.69, 9.17) is 0 Å². The third-order valence-corrected chi connectivity index (χ3v) is 8.09. The molecule has 0 nitrogen and oxygen atoms in total. The first-order valence-corrected chi connectivity index (χ1v) is 17.2. The van der Waals surface area contributed by atoms with Crippen LogP contribution in [0.3, 0.4) is 0 Å². The van der Waals surface area contributed by atoms with Crippen LogP contribution in [0.2, 0.25) is 6.04 Å². The Kier molecular flexibility index (Phi) is 12.4. The van der Waals surface area contributed by atoms with Crippen LogP contribution in [0.25, 0.3) is 0 Å². The van der Waals surface area contributed by atoms with Gasteiger partial charge in [0.05, 0.1) is 0 Å². The van der Waals surface area contributed by atoms with Gasteiger partial charge in [0, 0.05) is 0 Å². The van der Waals surface area contributed by atoms with Crippen molar-refractivity contribution < 1.29 is 0 Å². The van der Waals surface area contributed by atoms with E-state index in [0.29, 0.717) is 0 Å². The van der Waals surface area contributed by atoms with E-state index < -0.39 is 0.564 Å². The lowest BCUT2D eigenvalue weighted by Gasteiger charge is -2.08. The molecule has 0 spiro atoms. The van der Waals surface area contributed by atoms with E-state index >= 15 is 0 Å². The Hall–Kier alpha value is 2.41. The van der Waals surface area contributed by atoms with Crippen LogP contribution in [-0.4, -0.2) is 0.564 Å². The molecule has 4 heteroatoms. The molecule has 0 atom stereocenters. The third-order valence-electron chi connectivity index (χ3n) is 2.31. The Morgan fingerprint density at radius 1 is 0.714 bits per heavy atom. The fraction of sp³-hybridized carbons (Fsp3) is 1.00. The first-order chi connectivity index (χ1) is 6.56. The molecule has 0 amide bonds. The SMILES string of the molecule is CCCCCCCCCC[Si](I)(I)I. The molecule has 14 heavy (non-hydrogen) atoms. The summed E-state index contributed by atoms with van der Waals surface area (Å²) in [5, 5.41) is 0. The van der Waals surface area contributed by atoms with Crippen LogP contribution in [0.15, 0.2) is 0 Å². The van der Waals surface area contributed by atoms with Crippen molar-refractivity contribution in [2.24, 2.45) is 0 Å². The molecule has 0 aromatic rings. The molecule has 0 N–H and O–H groups in total. The van der Waals surface area contributed by atoms with Crippen molar-refractivity contribution in [2.45, 2.75) is 64.3 Å². The summed E-state index contributed by atoms with van der Waals surface area (Å²) in [5.74, 6) is 0. The standard InChI is InChI=1S/C10H21I3Si/c1-2-3-4-5-6-7-8-9-10-14(11,12)13/h2-10H2,1H3. The zero-order chi connectivity index (χ0) is 10.9. The van der Waals surface area contributed by atoms with E-state index in [1.54, 1.807) is 0 Å². The van der Waals surface area contributed by atoms with E-state index in [1.807, 2.05) is 0 Å². The lowest BCUT2D eigenvalue weighted by molar-refractivity contribution is 0.585. The van der Waals surface area contributed by atoms with E-state index in [1.165, 1.54) is 57.4 Å². The summed E-state index contributed by atoms with van der Waals surface area (Å²) in [4.78, 5) is 0. The Morgan fingerprint density at radius 3 is 1.57 bits per heavy atom. The highest BCUT2D eigenvalue weighted by molar-refractivity contribution is 14.4. The number of hydrogen-bond donors (Lipinski definition) is 0. The predicted molar refractivity (Wildman–Crippen MR) is 95.2 cm³/mol. The topological polar surface area (TPSA) is 0 Å². The molecule has 0 aromatic heterocycles. The number of unbranched alkanes of at least 4 members (excludes halogenated alkanes) is 7. The predicted octanol–water partition coefficient (Wildman–Crippen LogP) is 6.37. The molecule has 0 aromatic carbocycles. The van der Waals surface area contributed by atoms with Crippen LogP contribution in [0, 0.1) is 0 Å². The second-order valence-corrected chi connectivity index (χ2v) is 40.7. The molecule has 0 saturated carbocycles. The van der Waals surface area contributed by atoms with Crippen LogP contribution >= 0.6 is 65.4 Å². The molecule has 86 valence electrons. The number of hydrogen-bond acceptors (Lipinski definition) is 0. The molecule has 0 unspecified atom stereocenters. The van der Waals surface area contributed by atoms with E-state index in [-0.39, 0.29) is 0 Å². The molecule has 0 rings (SSSR count). The second-order valence-electron chi connectivity index (χ2n) is 3.84. The molecular weight excluding hydrogens is 529 g/mol. The lowest BCUT2D eigenvalue weighted by Crippen LogP contribution is -2.03. The maximum Gasteiger partial charge on any atom is 0.253 e. The molecule has 0 aliphatic carbocycles. The average Bonchev–Trinajstić information content (AvgIpc) is 2.08. The average molecular weight is 550 g/mol. The van der Waals surface area contributed by atoms with Crippen LogP contribution in [0.5, 0.6) is 0 Å². The molecule has 0 radical (unpaired) electrons. The van der Waals surface area contributed by atoms with Crippen LogP contribution in [0.1, 0.15) is 58.3 Å². The summed E-state index contributed by atoms with van der Waals surface area (Å²) >= 11 is 8.00. The van der Waals surface area contributed by atoms with Gasteiger partial charge in [0.1, 0.15) is 0 Å². The minimum Gasteiger partial charge on any atom is -0.0909 e. The monoisotopic (exact) mass is 550 g/mol. The smallest absolute Gasteiger partial charge is 0.0909 e. The second kappa shape index (κ2) is 10.6. The van der Waals surface area contributed by atoms with Gasteiger partial charge in [-0.25, -0.2) is 0 Å². The van der Waals surface area contributed by atoms with Gasteiger partial charge in [0.25, 0.3) is 0.564 Å². The van der Waals surface area contributed by atoms with Crippen LogP contribution < -0.4 is 0 Å².